The number of ether oxygens (including phenoxy) is 1. The zero-order valence-corrected chi connectivity index (χ0v) is 12.1. The van der Waals surface area contributed by atoms with Crippen LogP contribution in [-0.4, -0.2) is 47.6 Å². The Morgan fingerprint density at radius 1 is 1.42 bits per heavy atom. The normalized spacial score (nSPS) is 31.8. The van der Waals surface area contributed by atoms with E-state index < -0.39 is 0 Å². The zero-order chi connectivity index (χ0) is 14.0. The van der Waals surface area contributed by atoms with Crippen molar-refractivity contribution in [2.45, 2.75) is 64.1 Å². The van der Waals surface area contributed by atoms with Crippen LogP contribution in [0, 0.1) is 0 Å². The van der Waals surface area contributed by atoms with Gasteiger partial charge in [-0.3, -0.25) is 9.59 Å². The molecule has 0 bridgehead atoms. The van der Waals surface area contributed by atoms with Crippen LogP contribution in [-0.2, 0) is 14.3 Å². The van der Waals surface area contributed by atoms with Crippen molar-refractivity contribution in [1.29, 1.82) is 0 Å². The van der Waals surface area contributed by atoms with E-state index in [2.05, 4.69) is 19.2 Å². The summed E-state index contributed by atoms with van der Waals surface area (Å²) in [7, 11) is 0. The molecule has 0 aromatic carbocycles. The van der Waals surface area contributed by atoms with Gasteiger partial charge in [0.15, 0.2) is 0 Å². The molecule has 2 rings (SSSR count). The SMILES string of the molecule is CCC1NC(=O)CCN(C2CCOC(C)(C)C2)C1=O. The second kappa shape index (κ2) is 5.49. The molecule has 2 unspecified atom stereocenters. The Labute approximate surface area is 114 Å². The first-order valence-corrected chi connectivity index (χ1v) is 7.17. The second-order valence-corrected chi connectivity index (χ2v) is 6.06. The van der Waals surface area contributed by atoms with Gasteiger partial charge in [-0.2, -0.15) is 0 Å². The summed E-state index contributed by atoms with van der Waals surface area (Å²) in [5.41, 5.74) is -0.186. The van der Waals surface area contributed by atoms with Crippen LogP contribution in [0.15, 0.2) is 0 Å². The predicted molar refractivity (Wildman–Crippen MR) is 71.6 cm³/mol. The van der Waals surface area contributed by atoms with Crippen LogP contribution in [0.5, 0.6) is 0 Å². The lowest BCUT2D eigenvalue weighted by molar-refractivity contribution is -0.141. The first-order chi connectivity index (χ1) is 8.93. The van der Waals surface area contributed by atoms with Crippen molar-refractivity contribution in [3.05, 3.63) is 0 Å². The summed E-state index contributed by atoms with van der Waals surface area (Å²) >= 11 is 0. The highest BCUT2D eigenvalue weighted by Crippen LogP contribution is 2.28. The molecule has 5 nitrogen and oxygen atoms in total. The number of carbonyl (C=O) groups is 2. The van der Waals surface area contributed by atoms with Gasteiger partial charge in [0.25, 0.3) is 0 Å². The van der Waals surface area contributed by atoms with Crippen LogP contribution in [0.1, 0.15) is 46.5 Å². The van der Waals surface area contributed by atoms with Gasteiger partial charge in [0.1, 0.15) is 6.04 Å². The molecule has 0 spiro atoms. The number of carbonyl (C=O) groups excluding carboxylic acids is 2. The number of nitrogens with one attached hydrogen (secondary N) is 1. The van der Waals surface area contributed by atoms with E-state index in [-0.39, 0.29) is 29.5 Å². The maximum absolute atomic E-state index is 12.5. The maximum atomic E-state index is 12.5. The number of rotatable bonds is 2. The lowest BCUT2D eigenvalue weighted by Gasteiger charge is -2.41. The van der Waals surface area contributed by atoms with Crippen LogP contribution < -0.4 is 5.32 Å². The van der Waals surface area contributed by atoms with Crippen molar-refractivity contribution in [3.63, 3.8) is 0 Å². The molecule has 2 aliphatic heterocycles. The summed E-state index contributed by atoms with van der Waals surface area (Å²) in [5.74, 6) is 0.0464. The first-order valence-electron chi connectivity index (χ1n) is 7.17. The Bertz CT molecular complexity index is 368. The van der Waals surface area contributed by atoms with Gasteiger partial charge < -0.3 is 15.0 Å². The molecule has 0 saturated carbocycles. The van der Waals surface area contributed by atoms with Crippen LogP contribution >= 0.6 is 0 Å². The Morgan fingerprint density at radius 2 is 2.16 bits per heavy atom. The minimum atomic E-state index is -0.360. The Balaban J connectivity index is 2.13. The van der Waals surface area contributed by atoms with Gasteiger partial charge in [0, 0.05) is 25.6 Å². The van der Waals surface area contributed by atoms with Crippen LogP contribution in [0.25, 0.3) is 0 Å². The molecular weight excluding hydrogens is 244 g/mol. The molecule has 2 fully saturated rings. The largest absolute Gasteiger partial charge is 0.375 e. The molecule has 0 aromatic heterocycles. The molecule has 19 heavy (non-hydrogen) atoms. The molecular formula is C14H24N2O3. The third-order valence-electron chi connectivity index (χ3n) is 4.02. The van der Waals surface area contributed by atoms with E-state index in [0.29, 0.717) is 26.0 Å². The molecule has 2 amide bonds. The van der Waals surface area contributed by atoms with E-state index in [1.807, 2.05) is 11.8 Å². The van der Waals surface area contributed by atoms with Crippen LogP contribution in [0.2, 0.25) is 0 Å². The topological polar surface area (TPSA) is 58.6 Å². The summed E-state index contributed by atoms with van der Waals surface area (Å²) < 4.78 is 5.71. The van der Waals surface area contributed by atoms with Crippen molar-refractivity contribution in [2.24, 2.45) is 0 Å². The van der Waals surface area contributed by atoms with E-state index in [1.165, 1.54) is 0 Å². The number of amides is 2. The van der Waals surface area contributed by atoms with Crippen molar-refractivity contribution in [2.75, 3.05) is 13.2 Å². The Morgan fingerprint density at radius 3 is 2.79 bits per heavy atom. The fourth-order valence-electron chi connectivity index (χ4n) is 2.97. The molecule has 0 aromatic rings. The minimum Gasteiger partial charge on any atom is -0.375 e. The lowest BCUT2D eigenvalue weighted by Crippen LogP contribution is -2.52. The van der Waals surface area contributed by atoms with Gasteiger partial charge in [-0.25, -0.2) is 0 Å². The second-order valence-electron chi connectivity index (χ2n) is 6.06. The predicted octanol–water partition coefficient (Wildman–Crippen LogP) is 1.07. The molecule has 2 saturated heterocycles. The molecule has 1 N–H and O–H groups in total. The third kappa shape index (κ3) is 3.26. The number of hydrogen-bond acceptors (Lipinski definition) is 3. The summed E-state index contributed by atoms with van der Waals surface area (Å²) in [6.07, 6.45) is 2.75. The fourth-order valence-corrected chi connectivity index (χ4v) is 2.97. The summed E-state index contributed by atoms with van der Waals surface area (Å²) in [6, 6.07) is -0.168. The summed E-state index contributed by atoms with van der Waals surface area (Å²) in [4.78, 5) is 26.0. The van der Waals surface area contributed by atoms with E-state index in [9.17, 15) is 9.59 Å². The summed E-state index contributed by atoms with van der Waals surface area (Å²) in [6.45, 7) is 7.26. The zero-order valence-electron chi connectivity index (χ0n) is 12.1. The maximum Gasteiger partial charge on any atom is 0.245 e. The Kier molecular flexibility index (Phi) is 4.13. The molecule has 2 heterocycles. The third-order valence-corrected chi connectivity index (χ3v) is 4.02. The molecule has 2 aliphatic rings. The van der Waals surface area contributed by atoms with E-state index >= 15 is 0 Å². The molecule has 0 radical (unpaired) electrons. The highest BCUT2D eigenvalue weighted by Gasteiger charge is 2.37. The lowest BCUT2D eigenvalue weighted by atomic mass is 9.92. The number of nitrogens with zero attached hydrogens (tertiary/aromatic N) is 1. The monoisotopic (exact) mass is 268 g/mol. The van der Waals surface area contributed by atoms with Crippen LogP contribution in [0.3, 0.4) is 0 Å². The highest BCUT2D eigenvalue weighted by molar-refractivity contribution is 5.90. The molecule has 0 aliphatic carbocycles. The highest BCUT2D eigenvalue weighted by atomic mass is 16.5. The fraction of sp³-hybridized carbons (Fsp3) is 0.857. The number of hydrogen-bond donors (Lipinski definition) is 1. The van der Waals surface area contributed by atoms with Crippen molar-refractivity contribution < 1.29 is 14.3 Å². The minimum absolute atomic E-state index is 0.0194. The van der Waals surface area contributed by atoms with Gasteiger partial charge in [0.05, 0.1) is 5.60 Å². The van der Waals surface area contributed by atoms with Crippen molar-refractivity contribution in [1.82, 2.24) is 10.2 Å². The molecule has 5 heteroatoms. The van der Waals surface area contributed by atoms with Crippen molar-refractivity contribution >= 4 is 11.8 Å². The quantitative estimate of drug-likeness (QED) is 0.815. The van der Waals surface area contributed by atoms with Gasteiger partial charge in [-0.15, -0.1) is 0 Å². The Hall–Kier alpha value is -1.10. The van der Waals surface area contributed by atoms with Gasteiger partial charge in [-0.05, 0) is 33.1 Å². The van der Waals surface area contributed by atoms with E-state index in [0.717, 1.165) is 12.8 Å². The van der Waals surface area contributed by atoms with Crippen LogP contribution in [0.4, 0.5) is 0 Å². The average Bonchev–Trinajstić information content (AvgIpc) is 2.48. The van der Waals surface area contributed by atoms with Gasteiger partial charge in [0.2, 0.25) is 11.8 Å². The average molecular weight is 268 g/mol. The van der Waals surface area contributed by atoms with Crippen molar-refractivity contribution in [3.8, 4) is 0 Å². The smallest absolute Gasteiger partial charge is 0.245 e. The first kappa shape index (κ1) is 14.3. The standard InChI is InChI=1S/C14H24N2O3/c1-4-11-13(18)16(7-5-12(17)15-11)10-6-8-19-14(2,3)9-10/h10-11H,4-9H2,1-3H3,(H,15,17). The van der Waals surface area contributed by atoms with Gasteiger partial charge in [-0.1, -0.05) is 6.92 Å². The molecule has 108 valence electrons. The van der Waals surface area contributed by atoms with E-state index in [1.54, 1.807) is 0 Å². The summed E-state index contributed by atoms with van der Waals surface area (Å²) in [5, 5.41) is 2.81. The molecule has 2 atom stereocenters. The van der Waals surface area contributed by atoms with Gasteiger partial charge >= 0.3 is 0 Å². The van der Waals surface area contributed by atoms with E-state index in [4.69, 9.17) is 4.74 Å².